The standard InChI is InChI=1S/C71H138O17P2/c1-7-11-13-15-17-19-21-23-24-25-26-28-30-36-44-50-56-71(76)87-66(59-81-68(73)53-47-41-34-32-31-33-39-45-51-63(5)9-3)61-85-89(77,78)83-57-65(72)58-84-90(79,80)86-62-67(60-82-69(74)54-48-42-38-37-40-46-52-64(6)10-4)88-70(75)55-49-43-35-29-27-22-20-18-16-14-12-8-2/h63-67,72H,7-62H2,1-6H3,(H,77,78)(H,79,80)/t63?,64?,65-,66-,67-/m1/s1. The Labute approximate surface area is 549 Å². The summed E-state index contributed by atoms with van der Waals surface area (Å²) in [6.07, 6.45) is 48.4. The number of aliphatic hydroxyl groups is 1. The van der Waals surface area contributed by atoms with Gasteiger partial charge in [0.05, 0.1) is 26.4 Å². The molecule has 0 aromatic carbocycles. The van der Waals surface area contributed by atoms with Gasteiger partial charge in [0.25, 0.3) is 0 Å². The van der Waals surface area contributed by atoms with Crippen molar-refractivity contribution in [3.05, 3.63) is 0 Å². The minimum absolute atomic E-state index is 0.106. The lowest BCUT2D eigenvalue weighted by molar-refractivity contribution is -0.161. The zero-order valence-corrected chi connectivity index (χ0v) is 60.2. The van der Waals surface area contributed by atoms with Gasteiger partial charge in [0.2, 0.25) is 0 Å². The van der Waals surface area contributed by atoms with E-state index in [1.54, 1.807) is 0 Å². The van der Waals surface area contributed by atoms with E-state index >= 15 is 0 Å². The van der Waals surface area contributed by atoms with E-state index in [4.69, 9.17) is 37.0 Å². The fourth-order valence-corrected chi connectivity index (χ4v) is 12.3. The Balaban J connectivity index is 5.25. The number of phosphoric acid groups is 2. The van der Waals surface area contributed by atoms with E-state index < -0.39 is 97.5 Å². The second kappa shape index (κ2) is 63.1. The van der Waals surface area contributed by atoms with E-state index in [2.05, 4.69) is 41.5 Å². The molecule has 0 bridgehead atoms. The van der Waals surface area contributed by atoms with Gasteiger partial charge in [-0.1, -0.05) is 311 Å². The van der Waals surface area contributed by atoms with Crippen LogP contribution in [0.4, 0.5) is 0 Å². The summed E-state index contributed by atoms with van der Waals surface area (Å²) >= 11 is 0. The lowest BCUT2D eigenvalue weighted by Gasteiger charge is -2.21. The van der Waals surface area contributed by atoms with Crippen LogP contribution in [0.15, 0.2) is 0 Å². The van der Waals surface area contributed by atoms with Crippen molar-refractivity contribution in [1.82, 2.24) is 0 Å². The van der Waals surface area contributed by atoms with E-state index in [0.717, 1.165) is 108 Å². The first-order chi connectivity index (χ1) is 43.4. The highest BCUT2D eigenvalue weighted by molar-refractivity contribution is 7.47. The Bertz CT molecular complexity index is 1760. The molecule has 0 fully saturated rings. The molecule has 3 N–H and O–H groups in total. The number of carbonyl (C=O) groups is 4. The maximum absolute atomic E-state index is 13.0. The Morgan fingerprint density at radius 2 is 0.533 bits per heavy atom. The van der Waals surface area contributed by atoms with Crippen LogP contribution in [0, 0.1) is 11.8 Å². The van der Waals surface area contributed by atoms with Gasteiger partial charge in [0.15, 0.2) is 12.2 Å². The first-order valence-corrected chi connectivity index (χ1v) is 40.1. The molecular weight excluding hydrogens is 1190 g/mol. The molecule has 0 radical (unpaired) electrons. The molecule has 7 atom stereocenters. The molecule has 0 aliphatic carbocycles. The van der Waals surface area contributed by atoms with Crippen molar-refractivity contribution in [1.29, 1.82) is 0 Å². The molecule has 0 aromatic heterocycles. The highest BCUT2D eigenvalue weighted by Crippen LogP contribution is 2.45. The number of hydrogen-bond donors (Lipinski definition) is 3. The molecule has 0 spiro atoms. The molecule has 0 aliphatic heterocycles. The van der Waals surface area contributed by atoms with Crippen molar-refractivity contribution in [3.8, 4) is 0 Å². The third kappa shape index (κ3) is 62.2. The van der Waals surface area contributed by atoms with Crippen molar-refractivity contribution in [3.63, 3.8) is 0 Å². The van der Waals surface area contributed by atoms with Gasteiger partial charge >= 0.3 is 39.5 Å². The van der Waals surface area contributed by atoms with Crippen LogP contribution in [0.25, 0.3) is 0 Å². The molecule has 19 heteroatoms. The van der Waals surface area contributed by atoms with E-state index in [1.165, 1.54) is 173 Å². The number of rotatable bonds is 70. The molecule has 534 valence electrons. The summed E-state index contributed by atoms with van der Waals surface area (Å²) in [6.45, 7) is 9.52. The zero-order valence-electron chi connectivity index (χ0n) is 58.4. The van der Waals surface area contributed by atoms with Gasteiger partial charge in [-0.15, -0.1) is 0 Å². The summed E-state index contributed by atoms with van der Waals surface area (Å²) in [6, 6.07) is 0. The van der Waals surface area contributed by atoms with Gasteiger partial charge in [-0.05, 0) is 37.5 Å². The van der Waals surface area contributed by atoms with Crippen LogP contribution in [0.3, 0.4) is 0 Å². The maximum atomic E-state index is 13.0. The average molecular weight is 1330 g/mol. The number of esters is 4. The Kier molecular flexibility index (Phi) is 61.8. The van der Waals surface area contributed by atoms with Gasteiger partial charge in [0, 0.05) is 25.7 Å². The van der Waals surface area contributed by atoms with Crippen molar-refractivity contribution < 1.29 is 80.2 Å². The third-order valence-electron chi connectivity index (χ3n) is 17.2. The summed E-state index contributed by atoms with van der Waals surface area (Å²) < 4.78 is 68.3. The van der Waals surface area contributed by atoms with Crippen LogP contribution >= 0.6 is 15.6 Å². The van der Waals surface area contributed by atoms with E-state index in [9.17, 15) is 43.2 Å². The van der Waals surface area contributed by atoms with Crippen LogP contribution in [0.1, 0.15) is 363 Å². The number of carbonyl (C=O) groups excluding carboxylic acids is 4. The van der Waals surface area contributed by atoms with Crippen LogP contribution in [0.2, 0.25) is 0 Å². The van der Waals surface area contributed by atoms with Crippen molar-refractivity contribution in [2.75, 3.05) is 39.6 Å². The summed E-state index contributed by atoms with van der Waals surface area (Å²) in [5.74, 6) is -0.614. The Hall–Kier alpha value is -1.94. The molecule has 0 aliphatic rings. The summed E-state index contributed by atoms with van der Waals surface area (Å²) in [7, 11) is -9.90. The number of unbranched alkanes of at least 4 members (excludes halogenated alkanes) is 38. The van der Waals surface area contributed by atoms with Crippen LogP contribution in [-0.2, 0) is 65.4 Å². The molecular formula is C71H138O17P2. The first kappa shape index (κ1) is 88.1. The van der Waals surface area contributed by atoms with E-state index in [-0.39, 0.29) is 25.7 Å². The SMILES string of the molecule is CCCCCCCCCCCCCCCCCCC(=O)O[C@H](COC(=O)CCCCCCCCCCC(C)CC)COP(=O)(O)OC[C@@H](O)COP(=O)(O)OC[C@@H](COC(=O)CCCCCCCCC(C)CC)OC(=O)CCCCCCCCCCCCCC. The monoisotopic (exact) mass is 1320 g/mol. The van der Waals surface area contributed by atoms with Crippen molar-refractivity contribution >= 4 is 39.5 Å². The number of hydrogen-bond acceptors (Lipinski definition) is 15. The smallest absolute Gasteiger partial charge is 0.462 e. The fraction of sp³-hybridized carbons (Fsp3) is 0.944. The van der Waals surface area contributed by atoms with Crippen molar-refractivity contribution in [2.24, 2.45) is 11.8 Å². The van der Waals surface area contributed by atoms with Crippen LogP contribution in [0.5, 0.6) is 0 Å². The van der Waals surface area contributed by atoms with Crippen LogP contribution in [-0.4, -0.2) is 96.7 Å². The Morgan fingerprint density at radius 1 is 0.311 bits per heavy atom. The van der Waals surface area contributed by atoms with Gasteiger partial charge in [-0.2, -0.15) is 0 Å². The molecule has 4 unspecified atom stereocenters. The number of phosphoric ester groups is 2. The second-order valence-electron chi connectivity index (χ2n) is 26.1. The lowest BCUT2D eigenvalue weighted by Crippen LogP contribution is -2.30. The summed E-state index contributed by atoms with van der Waals surface area (Å²) in [5.41, 5.74) is 0. The molecule has 0 amide bonds. The van der Waals surface area contributed by atoms with Crippen LogP contribution < -0.4 is 0 Å². The summed E-state index contributed by atoms with van der Waals surface area (Å²) in [5, 5.41) is 10.6. The molecule has 0 saturated carbocycles. The number of ether oxygens (including phenoxy) is 4. The predicted molar refractivity (Wildman–Crippen MR) is 363 cm³/mol. The third-order valence-corrected chi connectivity index (χ3v) is 19.1. The highest BCUT2D eigenvalue weighted by atomic mass is 31.2. The normalized spacial score (nSPS) is 14.7. The maximum Gasteiger partial charge on any atom is 0.472 e. The van der Waals surface area contributed by atoms with E-state index in [0.29, 0.717) is 25.7 Å². The molecule has 90 heavy (non-hydrogen) atoms. The molecule has 0 saturated heterocycles. The molecule has 0 heterocycles. The van der Waals surface area contributed by atoms with Gasteiger partial charge in [0.1, 0.15) is 19.3 Å². The molecule has 17 nitrogen and oxygen atoms in total. The first-order valence-electron chi connectivity index (χ1n) is 37.1. The minimum atomic E-state index is -4.95. The zero-order chi connectivity index (χ0) is 66.5. The quantitative estimate of drug-likeness (QED) is 0.0222. The van der Waals surface area contributed by atoms with E-state index in [1.807, 2.05) is 0 Å². The number of aliphatic hydroxyl groups excluding tert-OH is 1. The molecule has 0 aromatic rings. The van der Waals surface area contributed by atoms with Crippen molar-refractivity contribution in [2.45, 2.75) is 381 Å². The highest BCUT2D eigenvalue weighted by Gasteiger charge is 2.30. The Morgan fingerprint density at radius 3 is 0.789 bits per heavy atom. The largest absolute Gasteiger partial charge is 0.472 e. The minimum Gasteiger partial charge on any atom is -0.462 e. The molecule has 0 rings (SSSR count). The fourth-order valence-electron chi connectivity index (χ4n) is 10.7. The van der Waals surface area contributed by atoms with Gasteiger partial charge in [-0.3, -0.25) is 37.3 Å². The second-order valence-corrected chi connectivity index (χ2v) is 29.0. The predicted octanol–water partition coefficient (Wildman–Crippen LogP) is 20.4. The lowest BCUT2D eigenvalue weighted by atomic mass is 9.99. The average Bonchev–Trinajstić information content (AvgIpc) is 3.52. The van der Waals surface area contributed by atoms with Gasteiger partial charge in [-0.25, -0.2) is 9.13 Å². The van der Waals surface area contributed by atoms with Gasteiger partial charge < -0.3 is 33.8 Å². The topological polar surface area (TPSA) is 237 Å². The summed E-state index contributed by atoms with van der Waals surface area (Å²) in [4.78, 5) is 72.6.